The molecule has 1 aromatic rings. The second-order valence-corrected chi connectivity index (χ2v) is 3.10. The van der Waals surface area contributed by atoms with Gasteiger partial charge in [0, 0.05) is 12.2 Å². The van der Waals surface area contributed by atoms with Gasteiger partial charge in [-0.05, 0) is 17.7 Å². The molecule has 0 bridgehead atoms. The molecule has 78 valence electrons. The Hall–Kier alpha value is -2.02. The highest BCUT2D eigenvalue weighted by atomic mass is 16.4. The lowest BCUT2D eigenvalue weighted by Crippen LogP contribution is -2.07. The van der Waals surface area contributed by atoms with E-state index in [9.17, 15) is 4.79 Å². The van der Waals surface area contributed by atoms with Gasteiger partial charge in [0.05, 0.1) is 18.9 Å². The molecule has 0 spiro atoms. The maximum Gasteiger partial charge on any atom is 0.305 e. The third-order valence-electron chi connectivity index (χ3n) is 1.91. The molecule has 0 aliphatic carbocycles. The summed E-state index contributed by atoms with van der Waals surface area (Å²) in [6.45, 7) is 0.410. The van der Waals surface area contributed by atoms with Crippen molar-refractivity contribution in [2.45, 2.75) is 12.8 Å². The van der Waals surface area contributed by atoms with Gasteiger partial charge in [-0.25, -0.2) is 0 Å². The monoisotopic (exact) mass is 204 g/mol. The maximum absolute atomic E-state index is 10.3. The van der Waals surface area contributed by atoms with E-state index in [1.54, 1.807) is 0 Å². The highest BCUT2D eigenvalue weighted by Gasteiger charge is 1.97. The van der Waals surface area contributed by atoms with Crippen LogP contribution in [0.2, 0.25) is 0 Å². The lowest BCUT2D eigenvalue weighted by molar-refractivity contribution is -0.136. The number of hydrogen-bond acceptors (Lipinski definition) is 3. The SMILES string of the molecule is N#CCc1ccc(NCCC(=O)O)cc1. The van der Waals surface area contributed by atoms with Gasteiger partial charge in [-0.3, -0.25) is 4.79 Å². The Morgan fingerprint density at radius 1 is 1.40 bits per heavy atom. The van der Waals surface area contributed by atoms with Crippen LogP contribution < -0.4 is 5.32 Å². The van der Waals surface area contributed by atoms with Crippen molar-refractivity contribution < 1.29 is 9.90 Å². The second-order valence-electron chi connectivity index (χ2n) is 3.10. The first-order chi connectivity index (χ1) is 7.22. The quantitative estimate of drug-likeness (QED) is 0.764. The minimum absolute atomic E-state index is 0.0972. The van der Waals surface area contributed by atoms with Crippen molar-refractivity contribution in [2.24, 2.45) is 0 Å². The Morgan fingerprint density at radius 2 is 2.07 bits per heavy atom. The minimum Gasteiger partial charge on any atom is -0.481 e. The summed E-state index contributed by atoms with van der Waals surface area (Å²) in [4.78, 5) is 10.3. The van der Waals surface area contributed by atoms with Gasteiger partial charge < -0.3 is 10.4 Å². The normalized spacial score (nSPS) is 9.27. The van der Waals surface area contributed by atoms with Gasteiger partial charge >= 0.3 is 5.97 Å². The van der Waals surface area contributed by atoms with Crippen LogP contribution in [-0.2, 0) is 11.2 Å². The molecule has 4 nitrogen and oxygen atoms in total. The number of nitriles is 1. The van der Waals surface area contributed by atoms with E-state index in [2.05, 4.69) is 11.4 Å². The Balaban J connectivity index is 2.43. The molecule has 1 rings (SSSR count). The standard InChI is InChI=1S/C11H12N2O2/c12-7-5-9-1-3-10(4-2-9)13-8-6-11(14)15/h1-4,13H,5-6,8H2,(H,14,15). The van der Waals surface area contributed by atoms with Crippen LogP contribution in [0.15, 0.2) is 24.3 Å². The number of nitrogens with zero attached hydrogens (tertiary/aromatic N) is 1. The number of carboxylic acid groups (broad SMARTS) is 1. The third-order valence-corrected chi connectivity index (χ3v) is 1.91. The first kappa shape index (κ1) is 11.1. The highest BCUT2D eigenvalue weighted by molar-refractivity contribution is 5.67. The summed E-state index contributed by atoms with van der Waals surface area (Å²) in [5, 5.41) is 19.9. The average Bonchev–Trinajstić information content (AvgIpc) is 2.20. The van der Waals surface area contributed by atoms with Crippen LogP contribution in [0.4, 0.5) is 5.69 Å². The summed E-state index contributed by atoms with van der Waals surface area (Å²) < 4.78 is 0. The molecule has 0 fully saturated rings. The minimum atomic E-state index is -0.816. The van der Waals surface area contributed by atoms with Gasteiger partial charge in [-0.1, -0.05) is 12.1 Å². The lowest BCUT2D eigenvalue weighted by atomic mass is 10.1. The number of carboxylic acids is 1. The molecule has 0 heterocycles. The van der Waals surface area contributed by atoms with E-state index in [4.69, 9.17) is 10.4 Å². The van der Waals surface area contributed by atoms with Gasteiger partial charge in [0.2, 0.25) is 0 Å². The molecule has 15 heavy (non-hydrogen) atoms. The van der Waals surface area contributed by atoms with Crippen molar-refractivity contribution >= 4 is 11.7 Å². The molecule has 0 saturated carbocycles. The van der Waals surface area contributed by atoms with Crippen molar-refractivity contribution in [3.05, 3.63) is 29.8 Å². The van der Waals surface area contributed by atoms with Crippen LogP contribution >= 0.6 is 0 Å². The number of anilines is 1. The first-order valence-electron chi connectivity index (χ1n) is 4.64. The van der Waals surface area contributed by atoms with Crippen molar-refractivity contribution in [1.82, 2.24) is 0 Å². The topological polar surface area (TPSA) is 73.1 Å². The lowest BCUT2D eigenvalue weighted by Gasteiger charge is -2.04. The second kappa shape index (κ2) is 5.66. The van der Waals surface area contributed by atoms with Crippen LogP contribution in [0.3, 0.4) is 0 Å². The van der Waals surface area contributed by atoms with Crippen molar-refractivity contribution in [2.75, 3.05) is 11.9 Å². The van der Waals surface area contributed by atoms with Gasteiger partial charge in [0.15, 0.2) is 0 Å². The van der Waals surface area contributed by atoms with E-state index in [0.29, 0.717) is 13.0 Å². The number of benzene rings is 1. The molecule has 0 radical (unpaired) electrons. The molecule has 0 atom stereocenters. The predicted molar refractivity (Wildman–Crippen MR) is 56.5 cm³/mol. The molecule has 1 aromatic carbocycles. The molecular weight excluding hydrogens is 192 g/mol. The molecule has 0 unspecified atom stereocenters. The summed E-state index contributed by atoms with van der Waals surface area (Å²) in [5.74, 6) is -0.816. The maximum atomic E-state index is 10.3. The Bertz CT molecular complexity index is 365. The van der Waals surface area contributed by atoms with Crippen LogP contribution in [0.1, 0.15) is 12.0 Å². The van der Waals surface area contributed by atoms with E-state index in [1.807, 2.05) is 24.3 Å². The van der Waals surface area contributed by atoms with Crippen molar-refractivity contribution in [3.63, 3.8) is 0 Å². The average molecular weight is 204 g/mol. The number of rotatable bonds is 5. The predicted octanol–water partition coefficient (Wildman–Crippen LogP) is 1.64. The van der Waals surface area contributed by atoms with E-state index in [1.165, 1.54) is 0 Å². The van der Waals surface area contributed by atoms with E-state index >= 15 is 0 Å². The van der Waals surface area contributed by atoms with E-state index < -0.39 is 5.97 Å². The number of nitrogens with one attached hydrogen (secondary N) is 1. The van der Waals surface area contributed by atoms with Gasteiger partial charge in [-0.15, -0.1) is 0 Å². The van der Waals surface area contributed by atoms with Crippen LogP contribution in [-0.4, -0.2) is 17.6 Å². The van der Waals surface area contributed by atoms with Crippen molar-refractivity contribution in [3.8, 4) is 6.07 Å². The summed E-state index contributed by atoms with van der Waals surface area (Å²) in [6, 6.07) is 9.45. The smallest absolute Gasteiger partial charge is 0.305 e. The first-order valence-corrected chi connectivity index (χ1v) is 4.64. The zero-order valence-electron chi connectivity index (χ0n) is 8.23. The fraction of sp³-hybridized carbons (Fsp3) is 0.273. The number of aliphatic carboxylic acids is 1. The summed E-state index contributed by atoms with van der Waals surface area (Å²) in [7, 11) is 0. The van der Waals surface area contributed by atoms with Gasteiger partial charge in [0.1, 0.15) is 0 Å². The van der Waals surface area contributed by atoms with Gasteiger partial charge in [0.25, 0.3) is 0 Å². The van der Waals surface area contributed by atoms with Crippen LogP contribution in [0, 0.1) is 11.3 Å². The number of hydrogen-bond donors (Lipinski definition) is 2. The molecule has 0 saturated heterocycles. The van der Waals surface area contributed by atoms with E-state index in [0.717, 1.165) is 11.3 Å². The molecular formula is C11H12N2O2. The molecule has 4 heteroatoms. The van der Waals surface area contributed by atoms with Crippen LogP contribution in [0.25, 0.3) is 0 Å². The molecule has 0 amide bonds. The number of carbonyl (C=O) groups is 1. The molecule has 2 N–H and O–H groups in total. The Kier molecular flexibility index (Phi) is 4.17. The fourth-order valence-electron chi connectivity index (χ4n) is 1.15. The molecule has 0 aromatic heterocycles. The third kappa shape index (κ3) is 4.14. The van der Waals surface area contributed by atoms with E-state index in [-0.39, 0.29) is 6.42 Å². The molecule has 0 aliphatic heterocycles. The Labute approximate surface area is 88.2 Å². The van der Waals surface area contributed by atoms with Crippen LogP contribution in [0.5, 0.6) is 0 Å². The van der Waals surface area contributed by atoms with Crippen molar-refractivity contribution in [1.29, 1.82) is 5.26 Å². The van der Waals surface area contributed by atoms with Gasteiger partial charge in [-0.2, -0.15) is 5.26 Å². The largest absolute Gasteiger partial charge is 0.481 e. The summed E-state index contributed by atoms with van der Waals surface area (Å²) in [5.41, 5.74) is 1.83. The zero-order chi connectivity index (χ0) is 11.1. The highest BCUT2D eigenvalue weighted by Crippen LogP contribution is 2.09. The summed E-state index contributed by atoms with van der Waals surface area (Å²) in [6.07, 6.45) is 0.495. The summed E-state index contributed by atoms with van der Waals surface area (Å²) >= 11 is 0. The Morgan fingerprint density at radius 3 is 2.60 bits per heavy atom. The molecule has 0 aliphatic rings. The zero-order valence-corrected chi connectivity index (χ0v) is 8.23. The fourth-order valence-corrected chi connectivity index (χ4v) is 1.15.